The van der Waals surface area contributed by atoms with Gasteiger partial charge in [0.1, 0.15) is 0 Å². The van der Waals surface area contributed by atoms with E-state index in [-0.39, 0.29) is 12.5 Å². The molecule has 0 heterocycles. The van der Waals surface area contributed by atoms with Gasteiger partial charge in [-0.15, -0.1) is 0 Å². The van der Waals surface area contributed by atoms with Gasteiger partial charge in [-0.05, 0) is 54.7 Å². The number of nitrogens with one attached hydrogen (secondary N) is 2. The fourth-order valence-electron chi connectivity index (χ4n) is 2.70. The van der Waals surface area contributed by atoms with E-state index in [1.165, 1.54) is 5.56 Å². The van der Waals surface area contributed by atoms with E-state index in [1.807, 2.05) is 42.5 Å². The molecule has 0 fully saturated rings. The lowest BCUT2D eigenvalue weighted by Gasteiger charge is -2.13. The molecule has 0 saturated carbocycles. The van der Waals surface area contributed by atoms with E-state index in [0.29, 0.717) is 31.1 Å². The summed E-state index contributed by atoms with van der Waals surface area (Å²) in [4.78, 5) is 11.6. The Morgan fingerprint density at radius 3 is 2.40 bits per heavy atom. The van der Waals surface area contributed by atoms with E-state index in [1.54, 1.807) is 7.11 Å². The number of methoxy groups -OCH3 is 1. The van der Waals surface area contributed by atoms with Gasteiger partial charge in [0.15, 0.2) is 11.5 Å². The number of rotatable bonds is 12. The van der Waals surface area contributed by atoms with Crippen LogP contribution in [0.4, 0.5) is 0 Å². The van der Waals surface area contributed by atoms with Crippen LogP contribution >= 0.6 is 11.6 Å². The van der Waals surface area contributed by atoms with Gasteiger partial charge in [-0.1, -0.05) is 29.8 Å². The third-order valence-corrected chi connectivity index (χ3v) is 5.16. The van der Waals surface area contributed by atoms with Gasteiger partial charge in [-0.25, -0.2) is 13.1 Å². The third kappa shape index (κ3) is 9.02. The number of carbonyl (C=O) groups excluding carboxylic acids is 1. The molecule has 30 heavy (non-hydrogen) atoms. The van der Waals surface area contributed by atoms with Crippen LogP contribution in [0, 0.1) is 0 Å². The summed E-state index contributed by atoms with van der Waals surface area (Å²) in [5.74, 6) is 0.913. The Kier molecular flexibility index (Phi) is 9.42. The number of hydrogen-bond acceptors (Lipinski definition) is 5. The van der Waals surface area contributed by atoms with Gasteiger partial charge in [-0.2, -0.15) is 0 Å². The standard InChI is InChI=1S/C21H27ClN2O5S/c1-28-20-14-17(11-12-23-21(25)15-24-30(2,26)27)7-10-19(20)29-13-3-4-16-5-8-18(22)9-6-16/h5-10,14,24H,3-4,11-13,15H2,1-2H3,(H,23,25). The fourth-order valence-corrected chi connectivity index (χ4v) is 3.22. The Bertz CT molecular complexity index is 933. The van der Waals surface area contributed by atoms with Crippen molar-refractivity contribution in [2.75, 3.05) is 33.1 Å². The molecule has 0 saturated heterocycles. The Morgan fingerprint density at radius 2 is 1.73 bits per heavy atom. The highest BCUT2D eigenvalue weighted by Gasteiger charge is 2.08. The molecule has 2 aromatic rings. The molecule has 0 radical (unpaired) electrons. The number of hydrogen-bond donors (Lipinski definition) is 2. The smallest absolute Gasteiger partial charge is 0.235 e. The predicted octanol–water partition coefficient (Wildman–Crippen LogP) is 2.57. The van der Waals surface area contributed by atoms with Crippen molar-refractivity contribution < 1.29 is 22.7 Å². The molecule has 0 unspecified atom stereocenters. The summed E-state index contributed by atoms with van der Waals surface area (Å²) in [6.45, 7) is 0.668. The maximum atomic E-state index is 11.6. The lowest BCUT2D eigenvalue weighted by atomic mass is 10.1. The first-order chi connectivity index (χ1) is 14.3. The summed E-state index contributed by atoms with van der Waals surface area (Å²) >= 11 is 5.89. The number of carbonyl (C=O) groups is 1. The molecule has 1 amide bonds. The van der Waals surface area contributed by atoms with Crippen LogP contribution in [0.1, 0.15) is 17.5 Å². The number of ether oxygens (including phenoxy) is 2. The van der Waals surface area contributed by atoms with Gasteiger partial charge in [0.05, 0.1) is 26.5 Å². The lowest BCUT2D eigenvalue weighted by molar-refractivity contribution is -0.119. The van der Waals surface area contributed by atoms with Gasteiger partial charge in [0.2, 0.25) is 15.9 Å². The maximum absolute atomic E-state index is 11.6. The highest BCUT2D eigenvalue weighted by molar-refractivity contribution is 7.88. The van der Waals surface area contributed by atoms with E-state index in [9.17, 15) is 13.2 Å². The lowest BCUT2D eigenvalue weighted by Crippen LogP contribution is -2.37. The molecular formula is C21H27ClN2O5S. The van der Waals surface area contributed by atoms with Gasteiger partial charge < -0.3 is 14.8 Å². The van der Waals surface area contributed by atoms with Crippen LogP contribution in [0.25, 0.3) is 0 Å². The summed E-state index contributed by atoms with van der Waals surface area (Å²) < 4.78 is 35.4. The van der Waals surface area contributed by atoms with Crippen LogP contribution in [0.5, 0.6) is 11.5 Å². The average molecular weight is 455 g/mol. The Labute approximate surface area is 182 Å². The highest BCUT2D eigenvalue weighted by Crippen LogP contribution is 2.28. The van der Waals surface area contributed by atoms with Crippen LogP contribution < -0.4 is 19.5 Å². The van der Waals surface area contributed by atoms with E-state index in [2.05, 4.69) is 10.0 Å². The van der Waals surface area contributed by atoms with Crippen molar-refractivity contribution in [3.05, 3.63) is 58.6 Å². The van der Waals surface area contributed by atoms with Crippen molar-refractivity contribution in [3.8, 4) is 11.5 Å². The summed E-state index contributed by atoms with van der Waals surface area (Å²) in [5, 5.41) is 3.40. The quantitative estimate of drug-likeness (QED) is 0.481. The molecule has 0 bridgehead atoms. The first-order valence-corrected chi connectivity index (χ1v) is 11.8. The van der Waals surface area contributed by atoms with Gasteiger partial charge in [0.25, 0.3) is 0 Å². The van der Waals surface area contributed by atoms with Crippen molar-refractivity contribution in [3.63, 3.8) is 0 Å². The van der Waals surface area contributed by atoms with E-state index in [0.717, 1.165) is 29.7 Å². The van der Waals surface area contributed by atoms with Crippen molar-refractivity contribution in [1.29, 1.82) is 0 Å². The Hall–Kier alpha value is -2.29. The SMILES string of the molecule is COc1cc(CCNC(=O)CNS(C)(=O)=O)ccc1OCCCc1ccc(Cl)cc1. The third-order valence-electron chi connectivity index (χ3n) is 4.24. The zero-order valence-corrected chi connectivity index (χ0v) is 18.7. The Balaban J connectivity index is 1.76. The number of amides is 1. The first-order valence-electron chi connectivity index (χ1n) is 9.52. The zero-order chi connectivity index (χ0) is 22.0. The van der Waals surface area contributed by atoms with Crippen molar-refractivity contribution in [1.82, 2.24) is 10.0 Å². The monoisotopic (exact) mass is 454 g/mol. The topological polar surface area (TPSA) is 93.7 Å². The second kappa shape index (κ2) is 11.8. The summed E-state index contributed by atoms with van der Waals surface area (Å²) in [5.41, 5.74) is 2.18. The minimum Gasteiger partial charge on any atom is -0.493 e. The average Bonchev–Trinajstić information content (AvgIpc) is 2.71. The summed E-state index contributed by atoms with van der Waals surface area (Å²) in [6, 6.07) is 13.4. The molecule has 0 aliphatic rings. The molecule has 2 N–H and O–H groups in total. The number of aryl methyl sites for hydroxylation is 1. The van der Waals surface area contributed by atoms with Crippen LogP contribution in [0.15, 0.2) is 42.5 Å². The molecule has 0 spiro atoms. The van der Waals surface area contributed by atoms with E-state index >= 15 is 0 Å². The summed E-state index contributed by atoms with van der Waals surface area (Å²) in [6.07, 6.45) is 3.34. The number of halogens is 1. The van der Waals surface area contributed by atoms with E-state index in [4.69, 9.17) is 21.1 Å². The molecule has 0 aliphatic carbocycles. The van der Waals surface area contributed by atoms with Crippen LogP contribution in [-0.2, 0) is 27.7 Å². The van der Waals surface area contributed by atoms with Crippen molar-refractivity contribution in [2.24, 2.45) is 0 Å². The molecule has 0 aromatic heterocycles. The number of sulfonamides is 1. The maximum Gasteiger partial charge on any atom is 0.235 e. The zero-order valence-electron chi connectivity index (χ0n) is 17.1. The molecule has 2 aromatic carbocycles. The minimum absolute atomic E-state index is 0.273. The van der Waals surface area contributed by atoms with Crippen LogP contribution in [-0.4, -0.2) is 47.4 Å². The molecule has 7 nitrogen and oxygen atoms in total. The largest absolute Gasteiger partial charge is 0.493 e. The summed E-state index contributed by atoms with van der Waals surface area (Å²) in [7, 11) is -1.80. The van der Waals surface area contributed by atoms with Crippen molar-refractivity contribution >= 4 is 27.5 Å². The normalized spacial score (nSPS) is 11.2. The van der Waals surface area contributed by atoms with Gasteiger partial charge >= 0.3 is 0 Å². The molecule has 9 heteroatoms. The fraction of sp³-hybridized carbons (Fsp3) is 0.381. The first kappa shape index (κ1) is 24.0. The van der Waals surface area contributed by atoms with Crippen LogP contribution in [0.3, 0.4) is 0 Å². The Morgan fingerprint density at radius 1 is 1.03 bits per heavy atom. The second-order valence-electron chi connectivity index (χ2n) is 6.76. The molecule has 164 valence electrons. The van der Waals surface area contributed by atoms with Gasteiger partial charge in [0, 0.05) is 11.6 Å². The second-order valence-corrected chi connectivity index (χ2v) is 9.03. The highest BCUT2D eigenvalue weighted by atomic mass is 35.5. The molecule has 2 rings (SSSR count). The molecule has 0 aliphatic heterocycles. The predicted molar refractivity (Wildman–Crippen MR) is 118 cm³/mol. The minimum atomic E-state index is -3.38. The van der Waals surface area contributed by atoms with E-state index < -0.39 is 10.0 Å². The van der Waals surface area contributed by atoms with Crippen LogP contribution in [0.2, 0.25) is 5.02 Å². The van der Waals surface area contributed by atoms with Gasteiger partial charge in [-0.3, -0.25) is 4.79 Å². The molecular weight excluding hydrogens is 428 g/mol. The molecule has 0 atom stereocenters. The van der Waals surface area contributed by atoms with Crippen molar-refractivity contribution in [2.45, 2.75) is 19.3 Å². The number of benzene rings is 2.